The number of benzene rings is 3. The summed E-state index contributed by atoms with van der Waals surface area (Å²) >= 11 is 0. The summed E-state index contributed by atoms with van der Waals surface area (Å²) in [5.41, 5.74) is 1.33. The molecule has 0 aliphatic rings. The van der Waals surface area contributed by atoms with Crippen molar-refractivity contribution in [2.75, 3.05) is 0 Å². The SMILES string of the molecule is C[C@@H](C(=O)c1ccc2ccccc2c1O)c1ccccc1. The van der Waals surface area contributed by atoms with Crippen LogP contribution in [0.2, 0.25) is 0 Å². The number of phenols is 1. The van der Waals surface area contributed by atoms with Gasteiger partial charge in [0, 0.05) is 11.3 Å². The van der Waals surface area contributed by atoms with Crippen molar-refractivity contribution in [2.45, 2.75) is 12.8 Å². The topological polar surface area (TPSA) is 37.3 Å². The van der Waals surface area contributed by atoms with Crippen LogP contribution in [-0.4, -0.2) is 10.9 Å². The molecule has 0 saturated heterocycles. The van der Waals surface area contributed by atoms with E-state index in [0.29, 0.717) is 10.9 Å². The van der Waals surface area contributed by atoms with E-state index >= 15 is 0 Å². The molecule has 3 rings (SSSR count). The van der Waals surface area contributed by atoms with E-state index in [1.165, 1.54) is 0 Å². The normalized spacial score (nSPS) is 12.2. The van der Waals surface area contributed by atoms with Crippen LogP contribution in [0.1, 0.15) is 28.8 Å². The van der Waals surface area contributed by atoms with E-state index < -0.39 is 0 Å². The third kappa shape index (κ3) is 2.40. The van der Waals surface area contributed by atoms with Gasteiger partial charge < -0.3 is 5.11 Å². The molecule has 3 aromatic carbocycles. The minimum Gasteiger partial charge on any atom is -0.507 e. The first-order valence-electron chi connectivity index (χ1n) is 6.98. The van der Waals surface area contributed by atoms with Crippen molar-refractivity contribution in [2.24, 2.45) is 0 Å². The zero-order valence-corrected chi connectivity index (χ0v) is 11.8. The van der Waals surface area contributed by atoms with E-state index in [2.05, 4.69) is 0 Å². The van der Waals surface area contributed by atoms with E-state index in [-0.39, 0.29) is 17.5 Å². The zero-order chi connectivity index (χ0) is 14.8. The van der Waals surface area contributed by atoms with Gasteiger partial charge in [-0.1, -0.05) is 67.6 Å². The van der Waals surface area contributed by atoms with Crippen LogP contribution in [0.25, 0.3) is 10.8 Å². The molecule has 0 amide bonds. The highest BCUT2D eigenvalue weighted by molar-refractivity contribution is 6.07. The standard InChI is InChI=1S/C19H16O2/c1-13(14-7-3-2-4-8-14)18(20)17-12-11-15-9-5-6-10-16(15)19(17)21/h2-13,21H,1H3/t13-/m1/s1. The summed E-state index contributed by atoms with van der Waals surface area (Å²) in [6.45, 7) is 1.87. The fraction of sp³-hybridized carbons (Fsp3) is 0.105. The predicted molar refractivity (Wildman–Crippen MR) is 84.8 cm³/mol. The molecule has 2 nitrogen and oxygen atoms in total. The molecule has 0 bridgehead atoms. The molecule has 2 heteroatoms. The molecule has 0 aliphatic heterocycles. The average molecular weight is 276 g/mol. The summed E-state index contributed by atoms with van der Waals surface area (Å²) in [5.74, 6) is -0.274. The monoisotopic (exact) mass is 276 g/mol. The molecule has 3 aromatic rings. The number of aromatic hydroxyl groups is 1. The molecule has 0 saturated carbocycles. The lowest BCUT2D eigenvalue weighted by Crippen LogP contribution is -2.09. The smallest absolute Gasteiger partial charge is 0.173 e. The number of Topliss-reactive ketones (excluding diaryl/α,β-unsaturated/α-hetero) is 1. The molecule has 1 atom stereocenters. The van der Waals surface area contributed by atoms with Crippen LogP contribution < -0.4 is 0 Å². The second-order valence-electron chi connectivity index (χ2n) is 5.18. The van der Waals surface area contributed by atoms with Crippen LogP contribution in [0.15, 0.2) is 66.7 Å². The average Bonchev–Trinajstić information content (AvgIpc) is 2.55. The van der Waals surface area contributed by atoms with Crippen molar-refractivity contribution < 1.29 is 9.90 Å². The molecule has 1 N–H and O–H groups in total. The molecule has 0 radical (unpaired) electrons. The van der Waals surface area contributed by atoms with Gasteiger partial charge in [0.15, 0.2) is 5.78 Å². The molecule has 104 valence electrons. The highest BCUT2D eigenvalue weighted by atomic mass is 16.3. The van der Waals surface area contributed by atoms with Gasteiger partial charge in [0.1, 0.15) is 5.75 Å². The van der Waals surface area contributed by atoms with Crippen LogP contribution in [-0.2, 0) is 0 Å². The maximum absolute atomic E-state index is 12.6. The number of carbonyl (C=O) groups is 1. The number of hydrogen-bond donors (Lipinski definition) is 1. The molecular formula is C19H16O2. The van der Waals surface area contributed by atoms with E-state index in [0.717, 1.165) is 10.9 Å². The van der Waals surface area contributed by atoms with Gasteiger partial charge in [-0.15, -0.1) is 0 Å². The zero-order valence-electron chi connectivity index (χ0n) is 11.8. The van der Waals surface area contributed by atoms with Crippen LogP contribution in [0.5, 0.6) is 5.75 Å². The Balaban J connectivity index is 2.04. The fourth-order valence-electron chi connectivity index (χ4n) is 2.58. The highest BCUT2D eigenvalue weighted by Gasteiger charge is 2.20. The largest absolute Gasteiger partial charge is 0.507 e. The number of ketones is 1. The van der Waals surface area contributed by atoms with Gasteiger partial charge in [0.05, 0.1) is 5.56 Å². The van der Waals surface area contributed by atoms with Crippen molar-refractivity contribution in [1.82, 2.24) is 0 Å². The molecule has 0 spiro atoms. The first kappa shape index (κ1) is 13.4. The Kier molecular flexibility index (Phi) is 3.44. The van der Waals surface area contributed by atoms with Gasteiger partial charge in [0.2, 0.25) is 0 Å². The summed E-state index contributed by atoms with van der Waals surface area (Å²) < 4.78 is 0. The van der Waals surface area contributed by atoms with Gasteiger partial charge in [0.25, 0.3) is 0 Å². The number of carbonyl (C=O) groups excluding carboxylic acids is 1. The van der Waals surface area contributed by atoms with Gasteiger partial charge in [-0.2, -0.15) is 0 Å². The Bertz CT molecular complexity index is 791. The maximum atomic E-state index is 12.6. The molecular weight excluding hydrogens is 260 g/mol. The Labute approximate surface area is 123 Å². The third-order valence-corrected chi connectivity index (χ3v) is 3.86. The Morgan fingerprint density at radius 2 is 1.57 bits per heavy atom. The molecule has 0 heterocycles. The van der Waals surface area contributed by atoms with Crippen molar-refractivity contribution in [3.63, 3.8) is 0 Å². The van der Waals surface area contributed by atoms with Crippen LogP contribution >= 0.6 is 0 Å². The second-order valence-corrected chi connectivity index (χ2v) is 5.18. The highest BCUT2D eigenvalue weighted by Crippen LogP contribution is 2.32. The Hall–Kier alpha value is -2.61. The number of hydrogen-bond acceptors (Lipinski definition) is 2. The Morgan fingerprint density at radius 1 is 0.905 bits per heavy atom. The van der Waals surface area contributed by atoms with Crippen LogP contribution in [0.3, 0.4) is 0 Å². The number of fused-ring (bicyclic) bond motifs is 1. The molecule has 21 heavy (non-hydrogen) atoms. The van der Waals surface area contributed by atoms with E-state index in [1.54, 1.807) is 6.07 Å². The van der Waals surface area contributed by atoms with Crippen LogP contribution in [0.4, 0.5) is 0 Å². The molecule has 0 fully saturated rings. The van der Waals surface area contributed by atoms with Crippen LogP contribution in [0, 0.1) is 0 Å². The molecule has 0 aliphatic carbocycles. The van der Waals surface area contributed by atoms with E-state index in [4.69, 9.17) is 0 Å². The summed E-state index contributed by atoms with van der Waals surface area (Å²) in [6, 6.07) is 20.7. The van der Waals surface area contributed by atoms with Crippen molar-refractivity contribution in [1.29, 1.82) is 0 Å². The van der Waals surface area contributed by atoms with Gasteiger partial charge in [-0.25, -0.2) is 0 Å². The maximum Gasteiger partial charge on any atom is 0.173 e. The third-order valence-electron chi connectivity index (χ3n) is 3.86. The first-order valence-corrected chi connectivity index (χ1v) is 6.98. The quantitative estimate of drug-likeness (QED) is 0.713. The molecule has 0 aromatic heterocycles. The predicted octanol–water partition coefficient (Wildman–Crippen LogP) is 4.53. The van der Waals surface area contributed by atoms with Gasteiger partial charge in [-0.3, -0.25) is 4.79 Å². The molecule has 0 unspecified atom stereocenters. The number of rotatable bonds is 3. The lowest BCUT2D eigenvalue weighted by molar-refractivity contribution is 0.0963. The van der Waals surface area contributed by atoms with E-state index in [9.17, 15) is 9.90 Å². The van der Waals surface area contributed by atoms with Crippen molar-refractivity contribution >= 4 is 16.6 Å². The van der Waals surface area contributed by atoms with Gasteiger partial charge >= 0.3 is 0 Å². The van der Waals surface area contributed by atoms with Crippen molar-refractivity contribution in [3.05, 3.63) is 77.9 Å². The summed E-state index contributed by atoms with van der Waals surface area (Å²) in [7, 11) is 0. The lowest BCUT2D eigenvalue weighted by Gasteiger charge is -2.13. The minimum absolute atomic E-state index is 0.0653. The number of phenolic OH excluding ortho intramolecular Hbond substituents is 1. The summed E-state index contributed by atoms with van der Waals surface area (Å²) in [5, 5.41) is 12.0. The van der Waals surface area contributed by atoms with Gasteiger partial charge in [-0.05, 0) is 17.0 Å². The first-order chi connectivity index (χ1) is 10.2. The summed E-state index contributed by atoms with van der Waals surface area (Å²) in [4.78, 5) is 12.6. The minimum atomic E-state index is -0.279. The van der Waals surface area contributed by atoms with Crippen molar-refractivity contribution in [3.8, 4) is 5.75 Å². The lowest BCUT2D eigenvalue weighted by atomic mass is 9.91. The summed E-state index contributed by atoms with van der Waals surface area (Å²) in [6.07, 6.45) is 0. The van der Waals surface area contributed by atoms with E-state index in [1.807, 2.05) is 67.6 Å². The second kappa shape index (κ2) is 5.41. The Morgan fingerprint density at radius 3 is 2.33 bits per heavy atom. The fourth-order valence-corrected chi connectivity index (χ4v) is 2.58.